The Morgan fingerprint density at radius 2 is 2.05 bits per heavy atom. The van der Waals surface area contributed by atoms with Crippen molar-refractivity contribution in [2.45, 2.75) is 65.0 Å². The Bertz CT molecular complexity index is 369. The topological polar surface area (TPSA) is 35.2 Å². The number of halogens is 1. The van der Waals surface area contributed by atoms with Crippen LogP contribution in [-0.2, 0) is 4.74 Å². The van der Waals surface area contributed by atoms with E-state index in [0.717, 1.165) is 17.5 Å². The quantitative estimate of drug-likeness (QED) is 0.595. The third kappa shape index (κ3) is 5.84. The molecule has 0 bridgehead atoms. The molecule has 20 heavy (non-hydrogen) atoms. The minimum absolute atomic E-state index is 0.0342. The van der Waals surface area contributed by atoms with Gasteiger partial charge < -0.3 is 10.5 Å². The predicted octanol–water partition coefficient (Wildman–Crippen LogP) is 5.52. The maximum Gasteiger partial charge on any atom is 0.107 e. The van der Waals surface area contributed by atoms with E-state index in [9.17, 15) is 0 Å². The number of thiophene rings is 1. The van der Waals surface area contributed by atoms with Gasteiger partial charge in [-0.3, -0.25) is 0 Å². The lowest BCUT2D eigenvalue weighted by molar-refractivity contribution is 0.0108. The summed E-state index contributed by atoms with van der Waals surface area (Å²) in [5.74, 6) is 0.657. The maximum absolute atomic E-state index is 6.25. The monoisotopic (exact) mass is 361 g/mol. The Morgan fingerprint density at radius 1 is 1.30 bits per heavy atom. The second-order valence-electron chi connectivity index (χ2n) is 5.41. The summed E-state index contributed by atoms with van der Waals surface area (Å²) in [5.41, 5.74) is 6.25. The van der Waals surface area contributed by atoms with Gasteiger partial charge in [0, 0.05) is 20.8 Å². The molecular weight excluding hydrogens is 334 g/mol. The Balaban J connectivity index is 2.61. The molecule has 0 aliphatic carbocycles. The number of hydrogen-bond donors (Lipinski definition) is 1. The molecule has 1 rings (SSSR count). The van der Waals surface area contributed by atoms with Crippen LogP contribution >= 0.6 is 27.3 Å². The molecule has 1 aromatic heterocycles. The molecule has 0 fully saturated rings. The van der Waals surface area contributed by atoms with Crippen LogP contribution < -0.4 is 5.73 Å². The molecule has 0 saturated carbocycles. The van der Waals surface area contributed by atoms with E-state index < -0.39 is 0 Å². The lowest BCUT2D eigenvalue weighted by Gasteiger charge is -2.25. The summed E-state index contributed by atoms with van der Waals surface area (Å²) in [6.07, 6.45) is 5.96. The van der Waals surface area contributed by atoms with E-state index >= 15 is 0 Å². The zero-order valence-electron chi connectivity index (χ0n) is 12.9. The van der Waals surface area contributed by atoms with Crippen LogP contribution in [0, 0.1) is 5.92 Å². The number of rotatable bonds is 10. The summed E-state index contributed by atoms with van der Waals surface area (Å²) in [4.78, 5) is 1.23. The lowest BCUT2D eigenvalue weighted by Crippen LogP contribution is -2.30. The first-order valence-electron chi connectivity index (χ1n) is 7.73. The molecule has 3 atom stereocenters. The first kappa shape index (κ1) is 18.1. The van der Waals surface area contributed by atoms with Crippen LogP contribution in [0.25, 0.3) is 0 Å². The van der Waals surface area contributed by atoms with Gasteiger partial charge in [0.15, 0.2) is 0 Å². The number of ether oxygens (including phenoxy) is 1. The van der Waals surface area contributed by atoms with Crippen LogP contribution in [0.4, 0.5) is 0 Å². The highest BCUT2D eigenvalue weighted by Crippen LogP contribution is 2.31. The highest BCUT2D eigenvalue weighted by Gasteiger charge is 2.22. The summed E-state index contributed by atoms with van der Waals surface area (Å²) in [6.45, 7) is 7.44. The van der Waals surface area contributed by atoms with E-state index in [1.807, 2.05) is 0 Å². The predicted molar refractivity (Wildman–Crippen MR) is 92.3 cm³/mol. The maximum atomic E-state index is 6.25. The molecule has 0 spiro atoms. The molecule has 1 aromatic rings. The molecular formula is C16H28BrNOS. The van der Waals surface area contributed by atoms with Crippen LogP contribution in [0.5, 0.6) is 0 Å². The van der Waals surface area contributed by atoms with Crippen LogP contribution in [0.1, 0.15) is 63.9 Å². The zero-order valence-corrected chi connectivity index (χ0v) is 15.3. The van der Waals surface area contributed by atoms with E-state index in [1.54, 1.807) is 11.3 Å². The van der Waals surface area contributed by atoms with Crippen molar-refractivity contribution in [2.75, 3.05) is 6.61 Å². The van der Waals surface area contributed by atoms with Gasteiger partial charge >= 0.3 is 0 Å². The summed E-state index contributed by atoms with van der Waals surface area (Å²) < 4.78 is 7.33. The van der Waals surface area contributed by atoms with Gasteiger partial charge in [-0.05, 0) is 40.8 Å². The summed E-state index contributed by atoms with van der Waals surface area (Å²) in [7, 11) is 0. The molecule has 4 heteroatoms. The molecule has 2 N–H and O–H groups in total. The Hall–Kier alpha value is 0.1000. The molecule has 0 aliphatic rings. The van der Waals surface area contributed by atoms with Gasteiger partial charge in [0.2, 0.25) is 0 Å². The van der Waals surface area contributed by atoms with Crippen LogP contribution in [-0.4, -0.2) is 12.6 Å². The van der Waals surface area contributed by atoms with Crippen molar-refractivity contribution in [2.24, 2.45) is 11.7 Å². The van der Waals surface area contributed by atoms with Crippen LogP contribution in [0.2, 0.25) is 0 Å². The highest BCUT2D eigenvalue weighted by atomic mass is 79.9. The van der Waals surface area contributed by atoms with Crippen LogP contribution in [0.3, 0.4) is 0 Å². The van der Waals surface area contributed by atoms with Crippen molar-refractivity contribution in [1.29, 1.82) is 0 Å². The number of unbranched alkanes of at least 4 members (excludes halogenated alkanes) is 1. The molecule has 0 amide bonds. The van der Waals surface area contributed by atoms with Crippen molar-refractivity contribution in [3.63, 3.8) is 0 Å². The first-order valence-corrected chi connectivity index (χ1v) is 9.40. The molecule has 0 radical (unpaired) electrons. The molecule has 2 nitrogen and oxygen atoms in total. The Labute approximate surface area is 136 Å². The summed E-state index contributed by atoms with van der Waals surface area (Å²) >= 11 is 5.24. The SMILES string of the molecule is CCCCC(CC)COC(c1cc(Br)cs1)C(N)CC. The normalized spacial score (nSPS) is 16.1. The van der Waals surface area contributed by atoms with Gasteiger partial charge in [-0.2, -0.15) is 0 Å². The van der Waals surface area contributed by atoms with Crippen molar-refractivity contribution >= 4 is 27.3 Å². The lowest BCUT2D eigenvalue weighted by atomic mass is 10.00. The average molecular weight is 362 g/mol. The van der Waals surface area contributed by atoms with Gasteiger partial charge in [-0.15, -0.1) is 11.3 Å². The summed E-state index contributed by atoms with van der Waals surface area (Å²) in [5, 5.41) is 2.10. The fourth-order valence-electron chi connectivity index (χ4n) is 2.25. The van der Waals surface area contributed by atoms with Crippen molar-refractivity contribution in [3.8, 4) is 0 Å². The third-order valence-electron chi connectivity index (χ3n) is 3.78. The van der Waals surface area contributed by atoms with Crippen molar-refractivity contribution < 1.29 is 4.74 Å². The number of nitrogens with two attached hydrogens (primary N) is 1. The van der Waals surface area contributed by atoms with Gasteiger partial charge in [-0.25, -0.2) is 0 Å². The first-order chi connectivity index (χ1) is 9.62. The highest BCUT2D eigenvalue weighted by molar-refractivity contribution is 9.10. The van der Waals surface area contributed by atoms with Gasteiger partial charge in [0.05, 0.1) is 6.61 Å². The smallest absolute Gasteiger partial charge is 0.107 e. The minimum atomic E-state index is 0.0342. The van der Waals surface area contributed by atoms with Gasteiger partial charge in [0.25, 0.3) is 0 Å². The summed E-state index contributed by atoms with van der Waals surface area (Å²) in [6, 6.07) is 2.21. The van der Waals surface area contributed by atoms with Gasteiger partial charge in [-0.1, -0.05) is 40.0 Å². The van der Waals surface area contributed by atoms with Gasteiger partial charge in [0.1, 0.15) is 6.10 Å². The zero-order chi connectivity index (χ0) is 15.0. The fourth-order valence-corrected chi connectivity index (χ4v) is 3.81. The molecule has 1 heterocycles. The number of hydrogen-bond acceptors (Lipinski definition) is 3. The second-order valence-corrected chi connectivity index (χ2v) is 7.27. The van der Waals surface area contributed by atoms with E-state index in [-0.39, 0.29) is 12.1 Å². The molecule has 116 valence electrons. The van der Waals surface area contributed by atoms with E-state index in [4.69, 9.17) is 10.5 Å². The third-order valence-corrected chi connectivity index (χ3v) is 5.54. The second kappa shape index (κ2) is 9.93. The average Bonchev–Trinajstić information content (AvgIpc) is 2.88. The molecule has 0 aliphatic heterocycles. The Morgan fingerprint density at radius 3 is 2.55 bits per heavy atom. The fraction of sp³-hybridized carbons (Fsp3) is 0.750. The van der Waals surface area contributed by atoms with Crippen LogP contribution in [0.15, 0.2) is 15.9 Å². The minimum Gasteiger partial charge on any atom is -0.371 e. The van der Waals surface area contributed by atoms with Crippen molar-refractivity contribution in [3.05, 3.63) is 20.8 Å². The standard InChI is InChI=1S/C16H28BrNOS/c1-4-7-8-12(5-2)10-19-16(14(18)6-3)15-9-13(17)11-20-15/h9,11-12,14,16H,4-8,10,18H2,1-3H3. The molecule has 0 saturated heterocycles. The largest absolute Gasteiger partial charge is 0.371 e. The van der Waals surface area contributed by atoms with E-state index in [0.29, 0.717) is 5.92 Å². The van der Waals surface area contributed by atoms with E-state index in [2.05, 4.69) is 48.1 Å². The van der Waals surface area contributed by atoms with Crippen molar-refractivity contribution in [1.82, 2.24) is 0 Å². The Kier molecular flexibility index (Phi) is 9.01. The molecule has 3 unspecified atom stereocenters. The van der Waals surface area contributed by atoms with E-state index in [1.165, 1.54) is 30.6 Å². The molecule has 0 aromatic carbocycles.